The van der Waals surface area contributed by atoms with Gasteiger partial charge in [-0.15, -0.1) is 0 Å². The molecule has 36 heavy (non-hydrogen) atoms. The Kier molecular flexibility index (Phi) is 7.26. The van der Waals surface area contributed by atoms with E-state index in [0.717, 1.165) is 11.1 Å². The molecule has 0 unspecified atom stereocenters. The highest BCUT2D eigenvalue weighted by Crippen LogP contribution is 2.33. The Balaban J connectivity index is 1.32. The van der Waals surface area contributed by atoms with Gasteiger partial charge in [-0.1, -0.05) is 41.9 Å². The highest BCUT2D eigenvalue weighted by atomic mass is 35.5. The standard InChI is InChI=1S/C26H32ClN3O5S/c1-26(2,3)35-24(31)28-21-11-12-29(16-21)25(32)30-14-19(15-30)17-5-7-18(8-6-17)22-10-9-20(27)13-23(22)36(4,33)34/h5-10,13,19,21H,11-12,14-16H2,1-4H3,(H,28,31)/t21-/m0/s1. The number of ether oxygens (including phenoxy) is 1. The monoisotopic (exact) mass is 533 g/mol. The molecule has 2 heterocycles. The van der Waals surface area contributed by atoms with E-state index < -0.39 is 21.5 Å². The third-order valence-corrected chi connectivity index (χ3v) is 7.74. The van der Waals surface area contributed by atoms with Gasteiger partial charge < -0.3 is 19.9 Å². The molecule has 2 aromatic rings. The fraction of sp³-hybridized carbons (Fsp3) is 0.462. The number of nitrogens with one attached hydrogen (secondary N) is 1. The second kappa shape index (κ2) is 9.94. The molecule has 1 N–H and O–H groups in total. The Bertz CT molecular complexity index is 1250. The second-order valence-electron chi connectivity index (χ2n) is 10.5. The first-order valence-electron chi connectivity index (χ1n) is 11.9. The van der Waals surface area contributed by atoms with Crippen molar-refractivity contribution in [3.63, 3.8) is 0 Å². The van der Waals surface area contributed by atoms with E-state index in [-0.39, 0.29) is 22.9 Å². The van der Waals surface area contributed by atoms with Crippen LogP contribution in [0.3, 0.4) is 0 Å². The SMILES string of the molecule is CC(C)(C)OC(=O)N[C@H]1CCN(C(=O)N2CC(c3ccc(-c4ccc(Cl)cc4S(C)(=O)=O)cc3)C2)C1. The maximum Gasteiger partial charge on any atom is 0.407 e. The first kappa shape index (κ1) is 26.3. The van der Waals surface area contributed by atoms with Crippen molar-refractivity contribution in [1.82, 2.24) is 15.1 Å². The van der Waals surface area contributed by atoms with Crippen LogP contribution in [0.4, 0.5) is 9.59 Å². The maximum absolute atomic E-state index is 12.9. The van der Waals surface area contributed by atoms with Gasteiger partial charge in [0.2, 0.25) is 0 Å². The van der Waals surface area contributed by atoms with Gasteiger partial charge in [-0.2, -0.15) is 0 Å². The van der Waals surface area contributed by atoms with Crippen LogP contribution in [0.15, 0.2) is 47.4 Å². The minimum Gasteiger partial charge on any atom is -0.444 e. The van der Waals surface area contributed by atoms with Gasteiger partial charge in [0.05, 0.1) is 10.9 Å². The van der Waals surface area contributed by atoms with Gasteiger partial charge in [0.1, 0.15) is 5.60 Å². The number of carbonyl (C=O) groups excluding carboxylic acids is 2. The molecule has 2 fully saturated rings. The van der Waals surface area contributed by atoms with Crippen molar-refractivity contribution in [2.75, 3.05) is 32.4 Å². The number of sulfone groups is 1. The van der Waals surface area contributed by atoms with E-state index in [9.17, 15) is 18.0 Å². The highest BCUT2D eigenvalue weighted by molar-refractivity contribution is 7.90. The molecule has 0 saturated carbocycles. The van der Waals surface area contributed by atoms with E-state index in [0.29, 0.717) is 43.2 Å². The molecule has 0 aromatic heterocycles. The molecule has 2 aliphatic heterocycles. The topological polar surface area (TPSA) is 96.0 Å². The summed E-state index contributed by atoms with van der Waals surface area (Å²) in [6.45, 7) is 7.75. The number of rotatable bonds is 4. The quantitative estimate of drug-likeness (QED) is 0.623. The van der Waals surface area contributed by atoms with Crippen molar-refractivity contribution >= 4 is 33.6 Å². The highest BCUT2D eigenvalue weighted by Gasteiger charge is 2.37. The van der Waals surface area contributed by atoms with E-state index in [4.69, 9.17) is 16.3 Å². The number of carbonyl (C=O) groups is 2. The summed E-state index contributed by atoms with van der Waals surface area (Å²) in [5.41, 5.74) is 1.95. The summed E-state index contributed by atoms with van der Waals surface area (Å²) in [5.74, 6) is 0.223. The maximum atomic E-state index is 12.9. The lowest BCUT2D eigenvalue weighted by Gasteiger charge is -2.41. The Hall–Kier alpha value is -2.78. The van der Waals surface area contributed by atoms with E-state index in [1.54, 1.807) is 17.0 Å². The van der Waals surface area contributed by atoms with Crippen molar-refractivity contribution in [2.45, 2.75) is 49.6 Å². The zero-order chi connectivity index (χ0) is 26.3. The predicted octanol–water partition coefficient (Wildman–Crippen LogP) is 4.53. The first-order valence-corrected chi connectivity index (χ1v) is 14.2. The van der Waals surface area contributed by atoms with Crippen LogP contribution in [-0.4, -0.2) is 74.4 Å². The lowest BCUT2D eigenvalue weighted by molar-refractivity contribution is 0.0504. The summed E-state index contributed by atoms with van der Waals surface area (Å²) in [6, 6.07) is 12.5. The van der Waals surface area contributed by atoms with Gasteiger partial charge in [0, 0.05) is 48.9 Å². The molecule has 0 spiro atoms. The molecule has 10 heteroatoms. The van der Waals surface area contributed by atoms with Gasteiger partial charge in [-0.05, 0) is 50.5 Å². The van der Waals surface area contributed by atoms with Crippen molar-refractivity contribution in [2.24, 2.45) is 0 Å². The van der Waals surface area contributed by atoms with Crippen LogP contribution in [0, 0.1) is 0 Å². The molecule has 4 rings (SSSR count). The fourth-order valence-corrected chi connectivity index (χ4v) is 5.71. The molecule has 1 atom stereocenters. The molecule has 194 valence electrons. The van der Waals surface area contributed by atoms with Crippen LogP contribution in [0.2, 0.25) is 5.02 Å². The average molecular weight is 534 g/mol. The molecule has 0 bridgehead atoms. The molecule has 0 aliphatic carbocycles. The van der Waals surface area contributed by atoms with Crippen molar-refractivity contribution in [3.8, 4) is 11.1 Å². The summed E-state index contributed by atoms with van der Waals surface area (Å²) in [4.78, 5) is 28.7. The molecule has 2 aliphatic rings. The van der Waals surface area contributed by atoms with Crippen LogP contribution in [0.1, 0.15) is 38.7 Å². The third kappa shape index (κ3) is 6.13. The smallest absolute Gasteiger partial charge is 0.407 e. The molecular formula is C26H32ClN3O5S. The molecule has 8 nitrogen and oxygen atoms in total. The number of benzene rings is 2. The lowest BCUT2D eigenvalue weighted by atomic mass is 9.90. The molecule has 2 saturated heterocycles. The zero-order valence-electron chi connectivity index (χ0n) is 21.0. The van der Waals surface area contributed by atoms with Gasteiger partial charge >= 0.3 is 12.1 Å². The summed E-state index contributed by atoms with van der Waals surface area (Å²) in [6.07, 6.45) is 1.41. The molecule has 0 radical (unpaired) electrons. The van der Waals surface area contributed by atoms with Gasteiger partial charge in [0.25, 0.3) is 0 Å². The van der Waals surface area contributed by atoms with Crippen LogP contribution in [0.25, 0.3) is 11.1 Å². The molecule has 3 amide bonds. The van der Waals surface area contributed by atoms with Crippen molar-refractivity contribution < 1.29 is 22.7 Å². The van der Waals surface area contributed by atoms with E-state index in [2.05, 4.69) is 5.32 Å². The Morgan fingerprint density at radius 3 is 2.31 bits per heavy atom. The van der Waals surface area contributed by atoms with Crippen molar-refractivity contribution in [1.29, 1.82) is 0 Å². The number of hydrogen-bond acceptors (Lipinski definition) is 5. The van der Waals surface area contributed by atoms with Gasteiger partial charge in [0.15, 0.2) is 9.84 Å². The van der Waals surface area contributed by atoms with E-state index in [1.807, 2.05) is 49.9 Å². The Labute approximate surface area is 217 Å². The minimum absolute atomic E-state index is 0.0182. The molecule has 2 aromatic carbocycles. The van der Waals surface area contributed by atoms with Crippen LogP contribution in [0.5, 0.6) is 0 Å². The van der Waals surface area contributed by atoms with Crippen LogP contribution >= 0.6 is 11.6 Å². The number of alkyl carbamates (subject to hydrolysis) is 1. The van der Waals surface area contributed by atoms with Gasteiger partial charge in [-0.3, -0.25) is 0 Å². The number of urea groups is 1. The number of likely N-dealkylation sites (tertiary alicyclic amines) is 2. The van der Waals surface area contributed by atoms with E-state index >= 15 is 0 Å². The van der Waals surface area contributed by atoms with Crippen molar-refractivity contribution in [3.05, 3.63) is 53.1 Å². The third-order valence-electron chi connectivity index (χ3n) is 6.37. The number of hydrogen-bond donors (Lipinski definition) is 1. The summed E-state index contributed by atoms with van der Waals surface area (Å²) in [5, 5.41) is 3.22. The van der Waals surface area contributed by atoms with Gasteiger partial charge in [-0.25, -0.2) is 18.0 Å². The summed E-state index contributed by atoms with van der Waals surface area (Å²) >= 11 is 6.02. The average Bonchev–Trinajstić information content (AvgIpc) is 3.19. The zero-order valence-corrected chi connectivity index (χ0v) is 22.5. The molecular weight excluding hydrogens is 502 g/mol. The number of halogens is 1. The second-order valence-corrected chi connectivity index (χ2v) is 12.9. The minimum atomic E-state index is -3.43. The lowest BCUT2D eigenvalue weighted by Crippen LogP contribution is -2.53. The first-order chi connectivity index (χ1) is 16.8. The van der Waals surface area contributed by atoms with Crippen LogP contribution in [-0.2, 0) is 14.6 Å². The Morgan fingerprint density at radius 2 is 1.69 bits per heavy atom. The largest absolute Gasteiger partial charge is 0.444 e. The fourth-order valence-electron chi connectivity index (χ4n) is 4.55. The van der Waals surface area contributed by atoms with Crippen LogP contribution < -0.4 is 5.32 Å². The summed E-state index contributed by atoms with van der Waals surface area (Å²) < 4.78 is 29.7. The van der Waals surface area contributed by atoms with E-state index in [1.165, 1.54) is 12.3 Å². The number of amides is 3. The summed E-state index contributed by atoms with van der Waals surface area (Å²) in [7, 11) is -3.43. The normalized spacial score (nSPS) is 18.6. The number of nitrogens with zero attached hydrogens (tertiary/aromatic N) is 2. The predicted molar refractivity (Wildman–Crippen MR) is 139 cm³/mol. The Morgan fingerprint density at radius 1 is 1.03 bits per heavy atom.